The largest absolute Gasteiger partial charge is 0.379 e. The highest BCUT2D eigenvalue weighted by Crippen LogP contribution is 2.27. The molecule has 0 aromatic carbocycles. The second-order valence-corrected chi connectivity index (χ2v) is 5.40. The number of hydrogen-bond acceptors (Lipinski definition) is 4. The van der Waals surface area contributed by atoms with Crippen molar-refractivity contribution in [2.24, 2.45) is 11.1 Å². The Kier molecular flexibility index (Phi) is 3.40. The van der Waals surface area contributed by atoms with E-state index in [1.807, 2.05) is 16.9 Å². The molecule has 5 nitrogen and oxygen atoms in total. The highest BCUT2D eigenvalue weighted by molar-refractivity contribution is 5.32. The molecule has 1 aromatic heterocycles. The zero-order valence-electron chi connectivity index (χ0n) is 10.8. The van der Waals surface area contributed by atoms with E-state index in [-0.39, 0.29) is 11.5 Å². The zero-order chi connectivity index (χ0) is 12.5. The molecule has 1 aromatic rings. The van der Waals surface area contributed by atoms with Crippen LogP contribution in [0.3, 0.4) is 0 Å². The smallest absolute Gasteiger partial charge is 0.148 e. The standard InChI is InChI=1S/C12H22N4O/c1-9(2)16-5-4-11(15-16)14-7-12(3)8-17-6-10(12)13/h4-5,9-10H,6-8,13H2,1-3H3,(H,14,15). The van der Waals surface area contributed by atoms with Crippen LogP contribution in [0.2, 0.25) is 0 Å². The van der Waals surface area contributed by atoms with Gasteiger partial charge in [-0.05, 0) is 13.8 Å². The normalized spacial score (nSPS) is 28.9. The third-order valence-corrected chi connectivity index (χ3v) is 3.44. The number of nitrogens with zero attached hydrogens (tertiary/aromatic N) is 2. The summed E-state index contributed by atoms with van der Waals surface area (Å²) in [6.45, 7) is 8.53. The molecule has 1 aliphatic rings. The Morgan fingerprint density at radius 2 is 2.47 bits per heavy atom. The average Bonchev–Trinajstić information content (AvgIpc) is 2.85. The molecule has 2 unspecified atom stereocenters. The number of nitrogens with one attached hydrogen (secondary N) is 1. The molecule has 17 heavy (non-hydrogen) atoms. The fraction of sp³-hybridized carbons (Fsp3) is 0.750. The summed E-state index contributed by atoms with van der Waals surface area (Å²) in [5, 5.41) is 7.79. The average molecular weight is 238 g/mol. The lowest BCUT2D eigenvalue weighted by molar-refractivity contribution is 0.164. The SMILES string of the molecule is CC(C)n1ccc(NCC2(C)COCC2N)n1. The first-order valence-electron chi connectivity index (χ1n) is 6.13. The minimum Gasteiger partial charge on any atom is -0.379 e. The third-order valence-electron chi connectivity index (χ3n) is 3.44. The summed E-state index contributed by atoms with van der Waals surface area (Å²) in [6.07, 6.45) is 1.99. The van der Waals surface area contributed by atoms with Crippen LogP contribution < -0.4 is 11.1 Å². The van der Waals surface area contributed by atoms with Gasteiger partial charge in [0.05, 0.1) is 13.2 Å². The maximum atomic E-state index is 6.04. The van der Waals surface area contributed by atoms with Crippen LogP contribution in [0, 0.1) is 5.41 Å². The van der Waals surface area contributed by atoms with E-state index >= 15 is 0 Å². The number of rotatable bonds is 4. The van der Waals surface area contributed by atoms with Gasteiger partial charge in [-0.1, -0.05) is 6.92 Å². The molecule has 0 bridgehead atoms. The molecule has 1 aliphatic heterocycles. The molecule has 2 rings (SSSR count). The van der Waals surface area contributed by atoms with Crippen LogP contribution in [0.5, 0.6) is 0 Å². The van der Waals surface area contributed by atoms with E-state index < -0.39 is 0 Å². The highest BCUT2D eigenvalue weighted by atomic mass is 16.5. The monoisotopic (exact) mass is 238 g/mol. The number of ether oxygens (including phenoxy) is 1. The highest BCUT2D eigenvalue weighted by Gasteiger charge is 2.37. The zero-order valence-corrected chi connectivity index (χ0v) is 10.8. The van der Waals surface area contributed by atoms with Crippen LogP contribution in [-0.2, 0) is 4.74 Å². The van der Waals surface area contributed by atoms with Crippen molar-refractivity contribution < 1.29 is 4.74 Å². The van der Waals surface area contributed by atoms with E-state index in [9.17, 15) is 0 Å². The van der Waals surface area contributed by atoms with E-state index in [4.69, 9.17) is 10.5 Å². The number of hydrogen-bond donors (Lipinski definition) is 2. The summed E-state index contributed by atoms with van der Waals surface area (Å²) in [7, 11) is 0. The Morgan fingerprint density at radius 1 is 1.71 bits per heavy atom. The summed E-state index contributed by atoms with van der Waals surface area (Å²) in [4.78, 5) is 0. The Balaban J connectivity index is 1.93. The van der Waals surface area contributed by atoms with Gasteiger partial charge in [0.1, 0.15) is 5.82 Å². The summed E-state index contributed by atoms with van der Waals surface area (Å²) in [6, 6.07) is 2.48. The first kappa shape index (κ1) is 12.4. The van der Waals surface area contributed by atoms with Crippen molar-refractivity contribution in [2.75, 3.05) is 25.1 Å². The Labute approximate surface area is 102 Å². The molecule has 0 radical (unpaired) electrons. The third kappa shape index (κ3) is 2.61. The second-order valence-electron chi connectivity index (χ2n) is 5.40. The number of nitrogens with two attached hydrogens (primary N) is 1. The van der Waals surface area contributed by atoms with Crippen molar-refractivity contribution >= 4 is 5.82 Å². The van der Waals surface area contributed by atoms with Gasteiger partial charge >= 0.3 is 0 Å². The van der Waals surface area contributed by atoms with Gasteiger partial charge < -0.3 is 15.8 Å². The molecule has 0 aliphatic carbocycles. The maximum Gasteiger partial charge on any atom is 0.148 e. The van der Waals surface area contributed by atoms with Crippen molar-refractivity contribution in [2.45, 2.75) is 32.9 Å². The summed E-state index contributed by atoms with van der Waals surface area (Å²) in [5.74, 6) is 0.902. The van der Waals surface area contributed by atoms with Gasteiger partial charge in [0.25, 0.3) is 0 Å². The molecule has 0 spiro atoms. The van der Waals surface area contributed by atoms with E-state index in [0.29, 0.717) is 19.3 Å². The quantitative estimate of drug-likeness (QED) is 0.828. The van der Waals surface area contributed by atoms with Crippen LogP contribution in [-0.4, -0.2) is 35.6 Å². The lowest BCUT2D eigenvalue weighted by Gasteiger charge is -2.26. The van der Waals surface area contributed by atoms with Gasteiger partial charge in [-0.2, -0.15) is 5.10 Å². The molecular formula is C12H22N4O. The van der Waals surface area contributed by atoms with Crippen LogP contribution >= 0.6 is 0 Å². The molecule has 3 N–H and O–H groups in total. The molecule has 2 atom stereocenters. The first-order valence-corrected chi connectivity index (χ1v) is 6.13. The van der Waals surface area contributed by atoms with Crippen LogP contribution in [0.15, 0.2) is 12.3 Å². The van der Waals surface area contributed by atoms with Gasteiger partial charge in [-0.25, -0.2) is 0 Å². The van der Waals surface area contributed by atoms with Gasteiger partial charge in [-0.3, -0.25) is 4.68 Å². The van der Waals surface area contributed by atoms with Crippen molar-refractivity contribution in [1.29, 1.82) is 0 Å². The van der Waals surface area contributed by atoms with Gasteiger partial charge in [0, 0.05) is 36.3 Å². The molecule has 1 fully saturated rings. The van der Waals surface area contributed by atoms with Crippen LogP contribution in [0.1, 0.15) is 26.8 Å². The topological polar surface area (TPSA) is 65.1 Å². The lowest BCUT2D eigenvalue weighted by atomic mass is 9.86. The van der Waals surface area contributed by atoms with E-state index in [2.05, 4.69) is 31.2 Å². The molecule has 2 heterocycles. The Hall–Kier alpha value is -1.07. The number of aromatic nitrogens is 2. The maximum absolute atomic E-state index is 6.04. The Morgan fingerprint density at radius 3 is 3.00 bits per heavy atom. The van der Waals surface area contributed by atoms with E-state index in [0.717, 1.165) is 12.4 Å². The molecule has 96 valence electrons. The second kappa shape index (κ2) is 4.66. The first-order chi connectivity index (χ1) is 8.01. The minimum atomic E-state index is 0.00160. The molecule has 0 amide bonds. The Bertz CT molecular complexity index is 376. The van der Waals surface area contributed by atoms with Gasteiger partial charge in [0.2, 0.25) is 0 Å². The van der Waals surface area contributed by atoms with Crippen molar-refractivity contribution in [3.05, 3.63) is 12.3 Å². The number of anilines is 1. The van der Waals surface area contributed by atoms with Gasteiger partial charge in [-0.15, -0.1) is 0 Å². The minimum absolute atomic E-state index is 0.00160. The molecule has 5 heteroatoms. The summed E-state index contributed by atoms with van der Waals surface area (Å²) < 4.78 is 7.35. The predicted octanol–water partition coefficient (Wildman–Crippen LogP) is 1.24. The van der Waals surface area contributed by atoms with Crippen molar-refractivity contribution in [3.8, 4) is 0 Å². The van der Waals surface area contributed by atoms with Crippen LogP contribution in [0.25, 0.3) is 0 Å². The predicted molar refractivity (Wildman–Crippen MR) is 68.0 cm³/mol. The molecular weight excluding hydrogens is 216 g/mol. The van der Waals surface area contributed by atoms with Gasteiger partial charge in [0.15, 0.2) is 0 Å². The molecule has 1 saturated heterocycles. The fourth-order valence-electron chi connectivity index (χ4n) is 1.92. The van der Waals surface area contributed by atoms with Crippen molar-refractivity contribution in [3.63, 3.8) is 0 Å². The lowest BCUT2D eigenvalue weighted by Crippen LogP contribution is -2.43. The molecule has 0 saturated carbocycles. The summed E-state index contributed by atoms with van der Waals surface area (Å²) in [5.41, 5.74) is 6.04. The van der Waals surface area contributed by atoms with E-state index in [1.54, 1.807) is 0 Å². The van der Waals surface area contributed by atoms with E-state index in [1.165, 1.54) is 0 Å². The fourth-order valence-corrected chi connectivity index (χ4v) is 1.92. The van der Waals surface area contributed by atoms with Crippen molar-refractivity contribution in [1.82, 2.24) is 9.78 Å². The van der Waals surface area contributed by atoms with Crippen LogP contribution in [0.4, 0.5) is 5.82 Å². The summed E-state index contributed by atoms with van der Waals surface area (Å²) >= 11 is 0.